The highest BCUT2D eigenvalue weighted by molar-refractivity contribution is 5.90. The smallest absolute Gasteiger partial charge is 0.338 e. The maximum atomic E-state index is 11.7. The van der Waals surface area contributed by atoms with Crippen LogP contribution in [0.4, 0.5) is 11.6 Å². The molecule has 2 aromatic carbocycles. The van der Waals surface area contributed by atoms with Gasteiger partial charge in [-0.25, -0.2) is 14.3 Å². The molecule has 4 aromatic rings. The number of hydrogen-bond acceptors (Lipinski definition) is 7. The molecule has 28 heavy (non-hydrogen) atoms. The van der Waals surface area contributed by atoms with Gasteiger partial charge in [-0.1, -0.05) is 0 Å². The van der Waals surface area contributed by atoms with E-state index in [1.807, 2.05) is 6.07 Å². The largest absolute Gasteiger partial charge is 0.493 e. The quantitative estimate of drug-likeness (QED) is 0.495. The molecule has 2 heterocycles. The van der Waals surface area contributed by atoms with Crippen molar-refractivity contribution in [1.82, 2.24) is 19.6 Å². The molecule has 0 aliphatic heterocycles. The first kappa shape index (κ1) is 17.7. The van der Waals surface area contributed by atoms with Crippen molar-refractivity contribution in [2.75, 3.05) is 26.1 Å². The van der Waals surface area contributed by atoms with E-state index >= 15 is 0 Å². The number of aromatic amines is 1. The summed E-state index contributed by atoms with van der Waals surface area (Å²) in [5.41, 5.74) is 2.81. The number of H-pyrrole nitrogens is 1. The number of carbonyl (C=O) groups excluding carboxylic acids is 1. The van der Waals surface area contributed by atoms with Gasteiger partial charge in [0.15, 0.2) is 11.5 Å². The SMILES string of the molecule is CCOC(=O)c1ccc(Nc2nc3nc4cc(OC)c(OC)cc4n3[nH]2)cc1. The molecule has 0 fully saturated rings. The lowest BCUT2D eigenvalue weighted by atomic mass is 10.2. The molecule has 144 valence electrons. The normalized spacial score (nSPS) is 11.0. The number of rotatable bonds is 6. The van der Waals surface area contributed by atoms with Gasteiger partial charge in [0.05, 0.1) is 37.4 Å². The summed E-state index contributed by atoms with van der Waals surface area (Å²) in [6.07, 6.45) is 0. The molecular weight excluding hydrogens is 362 g/mol. The minimum atomic E-state index is -0.346. The zero-order valence-electron chi connectivity index (χ0n) is 15.6. The summed E-state index contributed by atoms with van der Waals surface area (Å²) in [7, 11) is 3.17. The van der Waals surface area contributed by atoms with E-state index in [-0.39, 0.29) is 5.97 Å². The van der Waals surface area contributed by atoms with Gasteiger partial charge in [-0.15, -0.1) is 0 Å². The van der Waals surface area contributed by atoms with E-state index in [1.165, 1.54) is 0 Å². The molecule has 4 rings (SSSR count). The Labute approximate surface area is 160 Å². The Balaban J connectivity index is 1.62. The Morgan fingerprint density at radius 3 is 2.50 bits per heavy atom. The van der Waals surface area contributed by atoms with E-state index in [9.17, 15) is 4.79 Å². The fraction of sp³-hybridized carbons (Fsp3) is 0.211. The minimum Gasteiger partial charge on any atom is -0.493 e. The van der Waals surface area contributed by atoms with E-state index in [2.05, 4.69) is 20.4 Å². The van der Waals surface area contributed by atoms with Crippen molar-refractivity contribution in [2.45, 2.75) is 6.92 Å². The van der Waals surface area contributed by atoms with Crippen molar-refractivity contribution < 1.29 is 19.0 Å². The van der Waals surface area contributed by atoms with Crippen molar-refractivity contribution >= 4 is 34.4 Å². The third-order valence-corrected chi connectivity index (χ3v) is 4.23. The number of anilines is 2. The lowest BCUT2D eigenvalue weighted by Crippen LogP contribution is -2.04. The van der Waals surface area contributed by atoms with E-state index in [0.717, 1.165) is 16.7 Å². The summed E-state index contributed by atoms with van der Waals surface area (Å²) in [6, 6.07) is 10.6. The molecule has 0 saturated heterocycles. The van der Waals surface area contributed by atoms with Crippen LogP contribution >= 0.6 is 0 Å². The van der Waals surface area contributed by atoms with E-state index in [1.54, 1.807) is 56.0 Å². The third-order valence-electron chi connectivity index (χ3n) is 4.23. The zero-order valence-corrected chi connectivity index (χ0v) is 15.6. The molecule has 0 aliphatic rings. The zero-order chi connectivity index (χ0) is 19.7. The van der Waals surface area contributed by atoms with Crippen LogP contribution < -0.4 is 14.8 Å². The number of methoxy groups -OCH3 is 2. The lowest BCUT2D eigenvalue weighted by molar-refractivity contribution is 0.0526. The van der Waals surface area contributed by atoms with Gasteiger partial charge < -0.3 is 19.5 Å². The van der Waals surface area contributed by atoms with Gasteiger partial charge in [0.1, 0.15) is 0 Å². The average molecular weight is 381 g/mol. The molecule has 0 amide bonds. The van der Waals surface area contributed by atoms with Crippen LogP contribution in [-0.4, -0.2) is 46.4 Å². The number of nitrogens with zero attached hydrogens (tertiary/aromatic N) is 3. The first-order chi connectivity index (χ1) is 13.6. The summed E-state index contributed by atoms with van der Waals surface area (Å²) in [5, 5.41) is 6.32. The molecule has 0 spiro atoms. The summed E-state index contributed by atoms with van der Waals surface area (Å²) in [4.78, 5) is 20.7. The molecule has 0 aliphatic carbocycles. The molecule has 9 heteroatoms. The Morgan fingerprint density at radius 2 is 1.82 bits per heavy atom. The van der Waals surface area contributed by atoms with E-state index < -0.39 is 0 Å². The van der Waals surface area contributed by atoms with Crippen LogP contribution in [0.3, 0.4) is 0 Å². The van der Waals surface area contributed by atoms with Gasteiger partial charge in [0, 0.05) is 17.8 Å². The Hall–Kier alpha value is -3.75. The topological polar surface area (TPSA) is 103 Å². The van der Waals surface area contributed by atoms with Crippen LogP contribution in [0.1, 0.15) is 17.3 Å². The summed E-state index contributed by atoms with van der Waals surface area (Å²) < 4.78 is 17.4. The fourth-order valence-corrected chi connectivity index (χ4v) is 2.90. The van der Waals surface area contributed by atoms with Crippen LogP contribution in [0.25, 0.3) is 16.8 Å². The van der Waals surface area contributed by atoms with Gasteiger partial charge in [-0.3, -0.25) is 5.10 Å². The van der Waals surface area contributed by atoms with Crippen molar-refractivity contribution in [2.24, 2.45) is 0 Å². The van der Waals surface area contributed by atoms with Gasteiger partial charge in [-0.2, -0.15) is 4.98 Å². The maximum Gasteiger partial charge on any atom is 0.338 e. The van der Waals surface area contributed by atoms with Crippen LogP contribution in [-0.2, 0) is 4.74 Å². The molecule has 0 atom stereocenters. The molecule has 2 N–H and O–H groups in total. The second-order valence-electron chi connectivity index (χ2n) is 5.94. The number of ether oxygens (including phenoxy) is 3. The third kappa shape index (κ3) is 3.07. The second-order valence-corrected chi connectivity index (χ2v) is 5.94. The van der Waals surface area contributed by atoms with Crippen LogP contribution in [0.5, 0.6) is 11.5 Å². The number of imidazole rings is 1. The Kier molecular flexibility index (Phi) is 4.48. The summed E-state index contributed by atoms with van der Waals surface area (Å²) >= 11 is 0. The first-order valence-electron chi connectivity index (χ1n) is 8.67. The molecule has 2 aromatic heterocycles. The second kappa shape index (κ2) is 7.10. The van der Waals surface area contributed by atoms with Gasteiger partial charge in [0.2, 0.25) is 5.95 Å². The molecule has 0 unspecified atom stereocenters. The van der Waals surface area contributed by atoms with Gasteiger partial charge in [-0.05, 0) is 31.2 Å². The number of fused-ring (bicyclic) bond motifs is 3. The number of benzene rings is 2. The van der Waals surface area contributed by atoms with Crippen LogP contribution in [0.15, 0.2) is 36.4 Å². The average Bonchev–Trinajstić information content (AvgIpc) is 3.24. The monoisotopic (exact) mass is 381 g/mol. The predicted octanol–water partition coefficient (Wildman–Crippen LogP) is 3.15. The van der Waals surface area contributed by atoms with E-state index in [0.29, 0.717) is 35.4 Å². The summed E-state index contributed by atoms with van der Waals surface area (Å²) in [6.45, 7) is 2.12. The standard InChI is InChI=1S/C19H19N5O4/c1-4-28-17(25)11-5-7-12(8-6-11)20-18-22-19-21-13-9-15(26-2)16(27-3)10-14(13)24(19)23-18/h5-10H,4H2,1-3H3,(H2,20,21,22,23). The highest BCUT2D eigenvalue weighted by atomic mass is 16.5. The van der Waals surface area contributed by atoms with Crippen molar-refractivity contribution in [3.8, 4) is 11.5 Å². The summed E-state index contributed by atoms with van der Waals surface area (Å²) in [5.74, 6) is 1.90. The predicted molar refractivity (Wildman–Crippen MR) is 104 cm³/mol. The van der Waals surface area contributed by atoms with Gasteiger partial charge in [0.25, 0.3) is 5.78 Å². The highest BCUT2D eigenvalue weighted by Gasteiger charge is 2.14. The molecule has 0 saturated carbocycles. The molecule has 0 radical (unpaired) electrons. The maximum absolute atomic E-state index is 11.7. The number of hydrogen-bond donors (Lipinski definition) is 2. The van der Waals surface area contributed by atoms with Crippen LogP contribution in [0.2, 0.25) is 0 Å². The molecule has 9 nitrogen and oxygen atoms in total. The Bertz CT molecular complexity index is 1150. The van der Waals surface area contributed by atoms with Crippen molar-refractivity contribution in [3.05, 3.63) is 42.0 Å². The number of aromatic nitrogens is 4. The van der Waals surface area contributed by atoms with Crippen molar-refractivity contribution in [1.29, 1.82) is 0 Å². The fourth-order valence-electron chi connectivity index (χ4n) is 2.90. The van der Waals surface area contributed by atoms with Gasteiger partial charge >= 0.3 is 5.97 Å². The molecule has 0 bridgehead atoms. The number of esters is 1. The number of nitrogens with one attached hydrogen (secondary N) is 2. The van der Waals surface area contributed by atoms with Crippen molar-refractivity contribution in [3.63, 3.8) is 0 Å². The highest BCUT2D eigenvalue weighted by Crippen LogP contribution is 2.32. The van der Waals surface area contributed by atoms with E-state index in [4.69, 9.17) is 14.2 Å². The minimum absolute atomic E-state index is 0.343. The Morgan fingerprint density at radius 1 is 1.11 bits per heavy atom. The number of carbonyl (C=O) groups is 1. The molecular formula is C19H19N5O4. The first-order valence-corrected chi connectivity index (χ1v) is 8.67. The lowest BCUT2D eigenvalue weighted by Gasteiger charge is -2.07. The van der Waals surface area contributed by atoms with Crippen LogP contribution in [0, 0.1) is 0 Å².